The number of aryl methyl sites for hydroxylation is 1. The first kappa shape index (κ1) is 20.9. The van der Waals surface area contributed by atoms with Crippen LogP contribution in [0.5, 0.6) is 5.75 Å². The quantitative estimate of drug-likeness (QED) is 0.620. The SMILES string of the molecule is COc1ccc(-c2c(-c3ccc4c(c3)CN(C3CCC(=O)NC3=O)C4=O)ncn2C)cc1F. The number of hydrogen-bond acceptors (Lipinski definition) is 5. The Labute approximate surface area is 189 Å². The molecular weight excluding hydrogens is 427 g/mol. The first-order chi connectivity index (χ1) is 15.9. The standard InChI is InChI=1S/C24H21FN4O4/c1-28-12-26-21(22(28)14-4-7-19(33-2)17(25)10-14)13-3-5-16-15(9-13)11-29(24(16)32)18-6-8-20(30)27-23(18)31/h3-5,7,9-10,12,18H,6,8,11H2,1-2H3,(H,27,30,31). The first-order valence-electron chi connectivity index (χ1n) is 10.5. The maximum atomic E-state index is 14.4. The maximum Gasteiger partial charge on any atom is 0.255 e. The van der Waals surface area contributed by atoms with Gasteiger partial charge in [-0.05, 0) is 42.3 Å². The molecule has 0 radical (unpaired) electrons. The molecule has 8 nitrogen and oxygen atoms in total. The minimum absolute atomic E-state index is 0.159. The van der Waals surface area contributed by atoms with Crippen molar-refractivity contribution in [2.75, 3.05) is 7.11 Å². The number of ether oxygens (including phenoxy) is 1. The Kier molecular flexibility index (Phi) is 4.96. The molecule has 168 valence electrons. The number of benzene rings is 2. The number of carbonyl (C=O) groups is 3. The molecule has 1 saturated heterocycles. The summed E-state index contributed by atoms with van der Waals surface area (Å²) in [5.41, 5.74) is 4.10. The van der Waals surface area contributed by atoms with Crippen LogP contribution < -0.4 is 10.1 Å². The van der Waals surface area contributed by atoms with Crippen LogP contribution in [-0.2, 0) is 23.2 Å². The second-order valence-corrected chi connectivity index (χ2v) is 8.17. The fourth-order valence-corrected chi connectivity index (χ4v) is 4.52. The zero-order valence-corrected chi connectivity index (χ0v) is 18.1. The third-order valence-electron chi connectivity index (χ3n) is 6.16. The zero-order valence-electron chi connectivity index (χ0n) is 18.1. The Bertz CT molecular complexity index is 1320. The number of rotatable bonds is 4. The van der Waals surface area contributed by atoms with Crippen LogP contribution in [0.15, 0.2) is 42.7 Å². The highest BCUT2D eigenvalue weighted by Gasteiger charge is 2.39. The molecule has 9 heteroatoms. The average Bonchev–Trinajstić information content (AvgIpc) is 3.33. The summed E-state index contributed by atoms with van der Waals surface area (Å²) in [4.78, 5) is 42.7. The van der Waals surface area contributed by atoms with Crippen molar-refractivity contribution in [3.63, 3.8) is 0 Å². The van der Waals surface area contributed by atoms with Crippen LogP contribution in [0.4, 0.5) is 4.39 Å². The van der Waals surface area contributed by atoms with Crippen molar-refractivity contribution in [1.82, 2.24) is 19.8 Å². The molecule has 33 heavy (non-hydrogen) atoms. The molecule has 1 atom stereocenters. The van der Waals surface area contributed by atoms with Crippen molar-refractivity contribution >= 4 is 17.7 Å². The fraction of sp³-hybridized carbons (Fsp3) is 0.250. The van der Waals surface area contributed by atoms with Crippen molar-refractivity contribution in [3.8, 4) is 28.3 Å². The van der Waals surface area contributed by atoms with E-state index in [4.69, 9.17) is 4.74 Å². The number of nitrogens with zero attached hydrogens (tertiary/aromatic N) is 3. The highest BCUT2D eigenvalue weighted by atomic mass is 19.1. The molecule has 0 bridgehead atoms. The lowest BCUT2D eigenvalue weighted by atomic mass is 10.0. The smallest absolute Gasteiger partial charge is 0.255 e. The molecule has 2 aliphatic rings. The molecule has 3 heterocycles. The lowest BCUT2D eigenvalue weighted by molar-refractivity contribution is -0.136. The second-order valence-electron chi connectivity index (χ2n) is 8.17. The van der Waals surface area contributed by atoms with Gasteiger partial charge in [-0.2, -0.15) is 0 Å². The highest BCUT2D eigenvalue weighted by Crippen LogP contribution is 2.36. The lowest BCUT2D eigenvalue weighted by Gasteiger charge is -2.29. The molecule has 2 aliphatic heterocycles. The van der Waals surface area contributed by atoms with Crippen molar-refractivity contribution < 1.29 is 23.5 Å². The van der Waals surface area contributed by atoms with Gasteiger partial charge in [0.2, 0.25) is 11.8 Å². The van der Waals surface area contributed by atoms with E-state index >= 15 is 0 Å². The summed E-state index contributed by atoms with van der Waals surface area (Å²) in [5.74, 6) is -1.31. The second kappa shape index (κ2) is 7.84. The summed E-state index contributed by atoms with van der Waals surface area (Å²) in [5, 5.41) is 2.31. The molecule has 1 aromatic heterocycles. The number of imide groups is 1. The van der Waals surface area contributed by atoms with Crippen molar-refractivity contribution in [1.29, 1.82) is 0 Å². The van der Waals surface area contributed by atoms with Gasteiger partial charge in [0.05, 0.1) is 24.8 Å². The summed E-state index contributed by atoms with van der Waals surface area (Å²) >= 11 is 0. The van der Waals surface area contributed by atoms with Crippen LogP contribution >= 0.6 is 0 Å². The number of imidazole rings is 1. The zero-order chi connectivity index (χ0) is 23.3. The lowest BCUT2D eigenvalue weighted by Crippen LogP contribution is -2.52. The molecule has 0 spiro atoms. The topological polar surface area (TPSA) is 93.5 Å². The number of fused-ring (bicyclic) bond motifs is 1. The van der Waals surface area contributed by atoms with E-state index in [0.29, 0.717) is 23.2 Å². The number of nitrogens with one attached hydrogen (secondary N) is 1. The van der Waals surface area contributed by atoms with Gasteiger partial charge in [-0.1, -0.05) is 6.07 Å². The summed E-state index contributed by atoms with van der Waals surface area (Å²) in [6.45, 7) is 0.271. The molecule has 3 amide bonds. The summed E-state index contributed by atoms with van der Waals surface area (Å²) in [7, 11) is 3.24. The van der Waals surface area contributed by atoms with E-state index in [0.717, 1.165) is 16.8 Å². The predicted octanol–water partition coefficient (Wildman–Crippen LogP) is 2.66. The van der Waals surface area contributed by atoms with Crippen molar-refractivity contribution in [2.24, 2.45) is 7.05 Å². The molecule has 5 rings (SSSR count). The largest absolute Gasteiger partial charge is 0.494 e. The number of hydrogen-bond donors (Lipinski definition) is 1. The Hall–Kier alpha value is -4.01. The Morgan fingerprint density at radius 1 is 1.12 bits per heavy atom. The van der Waals surface area contributed by atoms with Gasteiger partial charge >= 0.3 is 0 Å². The monoisotopic (exact) mass is 448 g/mol. The van der Waals surface area contributed by atoms with Crippen LogP contribution in [-0.4, -0.2) is 45.3 Å². The van der Waals surface area contributed by atoms with Gasteiger partial charge < -0.3 is 14.2 Å². The van der Waals surface area contributed by atoms with Gasteiger partial charge in [0.15, 0.2) is 11.6 Å². The molecule has 1 fully saturated rings. The highest BCUT2D eigenvalue weighted by molar-refractivity contribution is 6.05. The maximum absolute atomic E-state index is 14.4. The van der Waals surface area contributed by atoms with Crippen molar-refractivity contribution in [2.45, 2.75) is 25.4 Å². The molecule has 0 aliphatic carbocycles. The van der Waals surface area contributed by atoms with Crippen LogP contribution in [0.2, 0.25) is 0 Å². The van der Waals surface area contributed by atoms with Gasteiger partial charge in [0.25, 0.3) is 5.91 Å². The average molecular weight is 448 g/mol. The normalized spacial score (nSPS) is 17.8. The van der Waals surface area contributed by atoms with Gasteiger partial charge in [-0.15, -0.1) is 0 Å². The van der Waals surface area contributed by atoms with E-state index in [1.54, 1.807) is 30.6 Å². The number of methoxy groups -OCH3 is 1. The summed E-state index contributed by atoms with van der Waals surface area (Å²) < 4.78 is 21.2. The molecule has 3 aromatic rings. The van der Waals surface area contributed by atoms with Gasteiger partial charge in [-0.3, -0.25) is 19.7 Å². The van der Waals surface area contributed by atoms with E-state index in [2.05, 4.69) is 10.3 Å². The van der Waals surface area contributed by atoms with Crippen LogP contribution in [0.1, 0.15) is 28.8 Å². The first-order valence-corrected chi connectivity index (χ1v) is 10.5. The minimum atomic E-state index is -0.668. The third kappa shape index (κ3) is 3.45. The Morgan fingerprint density at radius 2 is 1.91 bits per heavy atom. The third-order valence-corrected chi connectivity index (χ3v) is 6.16. The minimum Gasteiger partial charge on any atom is -0.494 e. The van der Waals surface area contributed by atoms with Crippen molar-refractivity contribution in [3.05, 3.63) is 59.7 Å². The summed E-state index contributed by atoms with van der Waals surface area (Å²) in [6, 6.07) is 9.48. The molecular formula is C24H21FN4O4. The number of aromatic nitrogens is 2. The molecule has 0 saturated carbocycles. The van der Waals surface area contributed by atoms with E-state index in [-0.39, 0.29) is 30.5 Å². The van der Waals surface area contributed by atoms with Gasteiger partial charge in [-0.25, -0.2) is 9.37 Å². The number of carbonyl (C=O) groups excluding carboxylic acids is 3. The van der Waals surface area contributed by atoms with Crippen LogP contribution in [0.3, 0.4) is 0 Å². The number of halogens is 1. The van der Waals surface area contributed by atoms with E-state index in [9.17, 15) is 18.8 Å². The summed E-state index contributed by atoms with van der Waals surface area (Å²) in [6.07, 6.45) is 2.17. The van der Waals surface area contributed by atoms with Gasteiger partial charge in [0.1, 0.15) is 6.04 Å². The number of piperidine rings is 1. The van der Waals surface area contributed by atoms with E-state index in [1.807, 2.05) is 17.7 Å². The molecule has 2 aromatic carbocycles. The van der Waals surface area contributed by atoms with Gasteiger partial charge in [0, 0.05) is 36.7 Å². The Balaban J connectivity index is 1.49. The van der Waals surface area contributed by atoms with Crippen LogP contribution in [0, 0.1) is 5.82 Å². The molecule has 1 unspecified atom stereocenters. The molecule has 1 N–H and O–H groups in total. The van der Waals surface area contributed by atoms with Crippen LogP contribution in [0.25, 0.3) is 22.5 Å². The fourth-order valence-electron chi connectivity index (χ4n) is 4.52. The Morgan fingerprint density at radius 3 is 2.64 bits per heavy atom. The predicted molar refractivity (Wildman–Crippen MR) is 117 cm³/mol. The van der Waals surface area contributed by atoms with E-state index < -0.39 is 17.8 Å². The number of amides is 3. The van der Waals surface area contributed by atoms with E-state index in [1.165, 1.54) is 18.1 Å².